The minimum Gasteiger partial charge on any atom is -0.388 e. The highest BCUT2D eigenvalue weighted by Crippen LogP contribution is 2.18. The molecule has 1 N–H and O–H groups in total. The first-order valence-electron chi connectivity index (χ1n) is 4.54. The fourth-order valence-electron chi connectivity index (χ4n) is 1.23. The van der Waals surface area contributed by atoms with E-state index < -0.39 is 0 Å². The molecule has 1 nitrogen and oxygen atoms in total. The minimum atomic E-state index is -0.362. The van der Waals surface area contributed by atoms with Crippen molar-refractivity contribution in [2.24, 2.45) is 0 Å². The largest absolute Gasteiger partial charge is 0.388 e. The molecule has 0 bridgehead atoms. The van der Waals surface area contributed by atoms with Gasteiger partial charge in [0.25, 0.3) is 0 Å². The molecule has 1 aromatic rings. The number of aliphatic hydroxyl groups is 1. The molecule has 0 aliphatic carbocycles. The fraction of sp³-hybridized carbons (Fsp3) is 0.455. The SMILES string of the molecule is Cc1ccc([C@@H](O)CCCCl)cc1. The average Bonchev–Trinajstić information content (AvgIpc) is 2.15. The maximum Gasteiger partial charge on any atom is 0.0790 e. The number of aryl methyl sites for hydroxylation is 1. The van der Waals surface area contributed by atoms with E-state index in [1.165, 1.54) is 5.56 Å². The van der Waals surface area contributed by atoms with Crippen LogP contribution in [-0.2, 0) is 0 Å². The van der Waals surface area contributed by atoms with E-state index in [1.807, 2.05) is 31.2 Å². The van der Waals surface area contributed by atoms with Crippen LogP contribution in [0.25, 0.3) is 0 Å². The van der Waals surface area contributed by atoms with Crippen LogP contribution in [0.3, 0.4) is 0 Å². The van der Waals surface area contributed by atoms with E-state index in [2.05, 4.69) is 0 Å². The third kappa shape index (κ3) is 3.37. The molecular weight excluding hydrogens is 184 g/mol. The Morgan fingerprint density at radius 1 is 1.31 bits per heavy atom. The number of aliphatic hydroxyl groups excluding tert-OH is 1. The van der Waals surface area contributed by atoms with Gasteiger partial charge in [-0.25, -0.2) is 0 Å². The van der Waals surface area contributed by atoms with Crippen LogP contribution in [0.5, 0.6) is 0 Å². The van der Waals surface area contributed by atoms with Gasteiger partial charge in [0.2, 0.25) is 0 Å². The third-order valence-corrected chi connectivity index (χ3v) is 2.34. The first kappa shape index (κ1) is 10.6. The predicted octanol–water partition coefficient (Wildman–Crippen LogP) is 3.05. The molecule has 0 saturated carbocycles. The zero-order valence-electron chi connectivity index (χ0n) is 7.83. The van der Waals surface area contributed by atoms with Crippen LogP contribution in [0.2, 0.25) is 0 Å². The van der Waals surface area contributed by atoms with Crippen LogP contribution in [0.1, 0.15) is 30.1 Å². The lowest BCUT2D eigenvalue weighted by atomic mass is 10.0. The Bertz CT molecular complexity index is 243. The van der Waals surface area contributed by atoms with E-state index in [4.69, 9.17) is 11.6 Å². The van der Waals surface area contributed by atoms with Crippen molar-refractivity contribution in [1.82, 2.24) is 0 Å². The number of benzene rings is 1. The number of halogens is 1. The van der Waals surface area contributed by atoms with Crippen molar-refractivity contribution in [3.8, 4) is 0 Å². The van der Waals surface area contributed by atoms with Gasteiger partial charge in [0.1, 0.15) is 0 Å². The molecule has 13 heavy (non-hydrogen) atoms. The summed E-state index contributed by atoms with van der Waals surface area (Å²) in [6.45, 7) is 2.04. The highest BCUT2D eigenvalue weighted by atomic mass is 35.5. The second-order valence-electron chi connectivity index (χ2n) is 3.26. The first-order valence-corrected chi connectivity index (χ1v) is 5.08. The number of rotatable bonds is 4. The Kier molecular flexibility index (Phi) is 4.26. The summed E-state index contributed by atoms with van der Waals surface area (Å²) < 4.78 is 0. The van der Waals surface area contributed by atoms with Gasteiger partial charge in [0.15, 0.2) is 0 Å². The third-order valence-electron chi connectivity index (χ3n) is 2.07. The average molecular weight is 199 g/mol. The quantitative estimate of drug-likeness (QED) is 0.738. The van der Waals surface area contributed by atoms with Crippen molar-refractivity contribution in [2.45, 2.75) is 25.9 Å². The molecule has 1 aromatic carbocycles. The Labute approximate surface area is 84.4 Å². The van der Waals surface area contributed by atoms with Crippen LogP contribution >= 0.6 is 11.6 Å². The van der Waals surface area contributed by atoms with E-state index in [-0.39, 0.29) is 6.10 Å². The molecule has 0 amide bonds. The Morgan fingerprint density at radius 2 is 1.92 bits per heavy atom. The molecule has 72 valence electrons. The lowest BCUT2D eigenvalue weighted by molar-refractivity contribution is 0.167. The first-order chi connectivity index (χ1) is 6.24. The number of alkyl halides is 1. The summed E-state index contributed by atoms with van der Waals surface area (Å²) in [4.78, 5) is 0. The van der Waals surface area contributed by atoms with Gasteiger partial charge >= 0.3 is 0 Å². The van der Waals surface area contributed by atoms with Crippen LogP contribution < -0.4 is 0 Å². The van der Waals surface area contributed by atoms with Gasteiger partial charge in [-0.05, 0) is 25.3 Å². The van der Waals surface area contributed by atoms with Crippen molar-refractivity contribution in [2.75, 3.05) is 5.88 Å². The van der Waals surface area contributed by atoms with Crippen LogP contribution in [0.4, 0.5) is 0 Å². The topological polar surface area (TPSA) is 20.2 Å². The molecule has 0 fully saturated rings. The standard InChI is InChI=1S/C11H15ClO/c1-9-4-6-10(7-5-9)11(13)3-2-8-12/h4-7,11,13H,2-3,8H2,1H3/t11-/m0/s1. The van der Waals surface area contributed by atoms with Crippen molar-refractivity contribution < 1.29 is 5.11 Å². The molecule has 0 heterocycles. The summed E-state index contributed by atoms with van der Waals surface area (Å²) >= 11 is 5.55. The van der Waals surface area contributed by atoms with E-state index >= 15 is 0 Å². The summed E-state index contributed by atoms with van der Waals surface area (Å²) in [7, 11) is 0. The lowest BCUT2D eigenvalue weighted by Gasteiger charge is -2.09. The van der Waals surface area contributed by atoms with Gasteiger partial charge in [-0.3, -0.25) is 0 Å². The molecule has 0 spiro atoms. The molecule has 1 rings (SSSR count). The molecule has 0 saturated heterocycles. The molecule has 0 unspecified atom stereocenters. The zero-order valence-corrected chi connectivity index (χ0v) is 8.59. The van der Waals surface area contributed by atoms with Crippen molar-refractivity contribution >= 4 is 11.6 Å². The monoisotopic (exact) mass is 198 g/mol. The summed E-state index contributed by atoms with van der Waals surface area (Å²) in [6, 6.07) is 7.96. The lowest BCUT2D eigenvalue weighted by Crippen LogP contribution is -1.97. The van der Waals surface area contributed by atoms with Crippen molar-refractivity contribution in [3.63, 3.8) is 0 Å². The molecule has 2 heteroatoms. The molecule has 0 aliphatic heterocycles. The van der Waals surface area contributed by atoms with E-state index in [9.17, 15) is 5.11 Å². The summed E-state index contributed by atoms with van der Waals surface area (Å²) in [5, 5.41) is 9.68. The summed E-state index contributed by atoms with van der Waals surface area (Å²) in [5.74, 6) is 0.614. The summed E-state index contributed by atoms with van der Waals surface area (Å²) in [5.41, 5.74) is 2.20. The fourth-order valence-corrected chi connectivity index (χ4v) is 1.38. The van der Waals surface area contributed by atoms with E-state index in [0.717, 1.165) is 18.4 Å². The Morgan fingerprint density at radius 3 is 2.46 bits per heavy atom. The van der Waals surface area contributed by atoms with Crippen molar-refractivity contribution in [3.05, 3.63) is 35.4 Å². The van der Waals surface area contributed by atoms with Gasteiger partial charge in [0, 0.05) is 5.88 Å². The second kappa shape index (κ2) is 5.25. The molecule has 0 radical (unpaired) electrons. The minimum absolute atomic E-state index is 0.362. The van der Waals surface area contributed by atoms with Crippen LogP contribution in [-0.4, -0.2) is 11.0 Å². The van der Waals surface area contributed by atoms with Gasteiger partial charge in [0.05, 0.1) is 6.10 Å². The zero-order chi connectivity index (χ0) is 9.68. The highest BCUT2D eigenvalue weighted by molar-refractivity contribution is 6.17. The Hall–Kier alpha value is -0.530. The van der Waals surface area contributed by atoms with Gasteiger partial charge in [-0.1, -0.05) is 29.8 Å². The second-order valence-corrected chi connectivity index (χ2v) is 3.64. The molecule has 0 aliphatic rings. The van der Waals surface area contributed by atoms with E-state index in [0.29, 0.717) is 5.88 Å². The maximum atomic E-state index is 9.68. The van der Waals surface area contributed by atoms with Crippen LogP contribution in [0, 0.1) is 6.92 Å². The molecule has 0 aromatic heterocycles. The highest BCUT2D eigenvalue weighted by Gasteiger charge is 2.05. The number of hydrogen-bond donors (Lipinski definition) is 1. The maximum absolute atomic E-state index is 9.68. The Balaban J connectivity index is 2.55. The number of hydrogen-bond acceptors (Lipinski definition) is 1. The molecule has 1 atom stereocenters. The van der Waals surface area contributed by atoms with Crippen molar-refractivity contribution in [1.29, 1.82) is 0 Å². The summed E-state index contributed by atoms with van der Waals surface area (Å²) in [6.07, 6.45) is 1.24. The normalized spacial score (nSPS) is 12.8. The van der Waals surface area contributed by atoms with E-state index in [1.54, 1.807) is 0 Å². The van der Waals surface area contributed by atoms with Gasteiger partial charge in [-0.15, -0.1) is 11.6 Å². The smallest absolute Gasteiger partial charge is 0.0790 e. The van der Waals surface area contributed by atoms with Crippen LogP contribution in [0.15, 0.2) is 24.3 Å². The predicted molar refractivity (Wildman–Crippen MR) is 56.1 cm³/mol. The van der Waals surface area contributed by atoms with Gasteiger partial charge < -0.3 is 5.11 Å². The molecular formula is C11H15ClO. The van der Waals surface area contributed by atoms with Gasteiger partial charge in [-0.2, -0.15) is 0 Å².